The van der Waals surface area contributed by atoms with Crippen molar-refractivity contribution in [1.82, 2.24) is 0 Å². The van der Waals surface area contributed by atoms with Gasteiger partial charge in [-0.05, 0) is 70.3 Å². The van der Waals surface area contributed by atoms with Gasteiger partial charge in [0.15, 0.2) is 11.6 Å². The Hall–Kier alpha value is -1.96. The summed E-state index contributed by atoms with van der Waals surface area (Å²) >= 11 is 0. The quantitative estimate of drug-likeness (QED) is 0.299. The molecule has 0 heterocycles. The molecule has 7 nitrogen and oxygen atoms in total. The number of ketones is 4. The molecule has 0 aliphatic heterocycles. The molecular formula is C30H42O7. The molecule has 4 aliphatic carbocycles. The van der Waals surface area contributed by atoms with Gasteiger partial charge in [0.1, 0.15) is 11.4 Å². The summed E-state index contributed by atoms with van der Waals surface area (Å²) < 4.78 is 0. The Morgan fingerprint density at radius 2 is 1.62 bits per heavy atom. The number of aliphatic hydroxyl groups is 3. The van der Waals surface area contributed by atoms with E-state index in [-0.39, 0.29) is 24.5 Å². The van der Waals surface area contributed by atoms with Crippen LogP contribution in [-0.2, 0) is 19.2 Å². The van der Waals surface area contributed by atoms with Crippen LogP contribution in [0.4, 0.5) is 0 Å². The molecule has 0 aromatic rings. The molecule has 0 saturated heterocycles. The molecule has 4 rings (SSSR count). The number of hydrogen-bond donors (Lipinski definition) is 3. The highest BCUT2D eigenvalue weighted by atomic mass is 16.3. The average Bonchev–Trinajstić information content (AvgIpc) is 2.96. The molecule has 37 heavy (non-hydrogen) atoms. The summed E-state index contributed by atoms with van der Waals surface area (Å²) in [6.45, 7) is 13.8. The van der Waals surface area contributed by atoms with Gasteiger partial charge in [0.2, 0.25) is 5.78 Å². The minimum absolute atomic E-state index is 0.00353. The van der Waals surface area contributed by atoms with Crippen molar-refractivity contribution >= 4 is 23.1 Å². The number of Topliss-reactive ketones (excluding diaryl/α,β-unsaturated/α-hetero) is 3. The van der Waals surface area contributed by atoms with Gasteiger partial charge in [0.25, 0.3) is 0 Å². The van der Waals surface area contributed by atoms with E-state index < -0.39 is 68.2 Å². The number of fused-ring (bicyclic) bond motifs is 5. The van der Waals surface area contributed by atoms with Gasteiger partial charge < -0.3 is 15.3 Å². The molecular weight excluding hydrogens is 472 g/mol. The molecule has 0 aromatic heterocycles. The van der Waals surface area contributed by atoms with Crippen LogP contribution in [0, 0.1) is 39.4 Å². The van der Waals surface area contributed by atoms with E-state index in [4.69, 9.17) is 0 Å². The first-order valence-electron chi connectivity index (χ1n) is 13.3. The van der Waals surface area contributed by atoms with Crippen molar-refractivity contribution in [3.8, 4) is 0 Å². The summed E-state index contributed by atoms with van der Waals surface area (Å²) in [5, 5.41) is 33.0. The largest absolute Gasteiger partial charge is 0.393 e. The van der Waals surface area contributed by atoms with Crippen LogP contribution in [0.15, 0.2) is 23.8 Å². The fourth-order valence-corrected chi connectivity index (χ4v) is 8.82. The molecule has 0 bridgehead atoms. The Morgan fingerprint density at radius 3 is 2.19 bits per heavy atom. The van der Waals surface area contributed by atoms with E-state index in [9.17, 15) is 34.5 Å². The van der Waals surface area contributed by atoms with Crippen LogP contribution in [0.3, 0.4) is 0 Å². The van der Waals surface area contributed by atoms with Crippen molar-refractivity contribution in [2.75, 3.05) is 0 Å². The summed E-state index contributed by atoms with van der Waals surface area (Å²) in [5.74, 6) is -3.09. The number of aliphatic hydroxyl groups excluding tert-OH is 1. The third-order valence-electron chi connectivity index (χ3n) is 11.0. The average molecular weight is 515 g/mol. The highest BCUT2D eigenvalue weighted by Gasteiger charge is 2.74. The third kappa shape index (κ3) is 3.64. The van der Waals surface area contributed by atoms with E-state index in [1.54, 1.807) is 13.8 Å². The molecule has 4 aliphatic rings. The first-order chi connectivity index (χ1) is 16.7. The van der Waals surface area contributed by atoms with Crippen LogP contribution in [0.2, 0.25) is 0 Å². The van der Waals surface area contributed by atoms with Gasteiger partial charge >= 0.3 is 0 Å². The molecule has 0 amide bonds. The third-order valence-corrected chi connectivity index (χ3v) is 11.0. The number of carbonyl (C=O) groups is 4. The lowest BCUT2D eigenvalue weighted by molar-refractivity contribution is -0.182. The second-order valence-electron chi connectivity index (χ2n) is 14.0. The van der Waals surface area contributed by atoms with Crippen molar-refractivity contribution in [2.45, 2.75) is 98.4 Å². The lowest BCUT2D eigenvalue weighted by Crippen LogP contribution is -2.65. The highest BCUT2D eigenvalue weighted by Crippen LogP contribution is 2.73. The Labute approximate surface area is 219 Å². The van der Waals surface area contributed by atoms with Gasteiger partial charge in [-0.2, -0.15) is 0 Å². The van der Waals surface area contributed by atoms with Crippen LogP contribution in [-0.4, -0.2) is 55.8 Å². The van der Waals surface area contributed by atoms with Gasteiger partial charge in [-0.15, -0.1) is 0 Å². The zero-order valence-corrected chi connectivity index (χ0v) is 23.3. The SMILES string of the molecule is CC(C)(O)/C=C/C(=O)[C@](C)(O)C1[C@H](O)C[C@@]2(C)[C@@H]3CC=C4C(CC(=O)C(=O)C4(C)C)[C@]3(C)C(=O)C[C@@]12C. The summed E-state index contributed by atoms with van der Waals surface area (Å²) in [4.78, 5) is 52.9. The first-order valence-corrected chi connectivity index (χ1v) is 13.3. The second-order valence-corrected chi connectivity index (χ2v) is 14.0. The predicted molar refractivity (Wildman–Crippen MR) is 137 cm³/mol. The van der Waals surface area contributed by atoms with Gasteiger partial charge in [-0.1, -0.05) is 38.5 Å². The van der Waals surface area contributed by atoms with Gasteiger partial charge in [-0.3, -0.25) is 19.2 Å². The number of hydrogen-bond acceptors (Lipinski definition) is 7. The van der Waals surface area contributed by atoms with E-state index in [2.05, 4.69) is 0 Å². The lowest BCUT2D eigenvalue weighted by Gasteiger charge is -2.64. The summed E-state index contributed by atoms with van der Waals surface area (Å²) in [7, 11) is 0. The first kappa shape index (κ1) is 28.1. The van der Waals surface area contributed by atoms with Crippen LogP contribution >= 0.6 is 0 Å². The van der Waals surface area contributed by atoms with Gasteiger partial charge in [-0.25, -0.2) is 0 Å². The molecule has 8 atom stereocenters. The van der Waals surface area contributed by atoms with E-state index in [0.29, 0.717) is 12.8 Å². The van der Waals surface area contributed by atoms with Crippen LogP contribution < -0.4 is 0 Å². The smallest absolute Gasteiger partial charge is 0.207 e. The van der Waals surface area contributed by atoms with Crippen molar-refractivity contribution in [2.24, 2.45) is 39.4 Å². The molecule has 204 valence electrons. The Bertz CT molecular complexity index is 1140. The normalized spacial score (nSPS) is 43.1. The van der Waals surface area contributed by atoms with E-state index in [0.717, 1.165) is 11.6 Å². The maximum absolute atomic E-state index is 14.2. The number of allylic oxidation sites excluding steroid dienone is 2. The van der Waals surface area contributed by atoms with E-state index in [1.165, 1.54) is 26.8 Å². The summed E-state index contributed by atoms with van der Waals surface area (Å²) in [5.41, 5.74) is -5.75. The zero-order chi connectivity index (χ0) is 28.1. The van der Waals surface area contributed by atoms with Gasteiger partial charge in [0.05, 0.1) is 17.1 Å². The zero-order valence-electron chi connectivity index (χ0n) is 23.3. The van der Waals surface area contributed by atoms with Gasteiger partial charge in [0, 0.05) is 30.1 Å². The van der Waals surface area contributed by atoms with E-state index >= 15 is 0 Å². The molecule has 2 unspecified atom stereocenters. The maximum atomic E-state index is 14.2. The fraction of sp³-hybridized carbons (Fsp3) is 0.733. The van der Waals surface area contributed by atoms with Crippen LogP contribution in [0.1, 0.15) is 81.1 Å². The van der Waals surface area contributed by atoms with E-state index in [1.807, 2.05) is 26.8 Å². The monoisotopic (exact) mass is 514 g/mol. The number of carbonyl (C=O) groups excluding carboxylic acids is 4. The van der Waals surface area contributed by atoms with Crippen molar-refractivity contribution in [3.63, 3.8) is 0 Å². The Balaban J connectivity index is 1.81. The minimum atomic E-state index is -1.97. The summed E-state index contributed by atoms with van der Waals surface area (Å²) in [6.07, 6.45) is 4.32. The maximum Gasteiger partial charge on any atom is 0.207 e. The molecule has 3 N–H and O–H groups in total. The Kier molecular flexibility index (Phi) is 6.09. The predicted octanol–water partition coefficient (Wildman–Crippen LogP) is 3.14. The van der Waals surface area contributed by atoms with Crippen LogP contribution in [0.25, 0.3) is 0 Å². The second kappa shape index (κ2) is 8.03. The highest BCUT2D eigenvalue weighted by molar-refractivity contribution is 6.40. The standard InChI is InChI=1S/C30H42O7/c1-25(2,36)12-11-21(33)30(8,37)23-19(32)14-27(5)20-10-9-16-17(13-18(31)24(35)26(16,3)4)29(20,7)22(34)15-28(23,27)6/h9,11-12,17,19-20,23,32,36-37H,10,13-15H2,1-8H3/b12-11+/t17?,19-,20+,23?,27+,28+,29+,30+/m1/s1. The van der Waals surface area contributed by atoms with Crippen LogP contribution in [0.5, 0.6) is 0 Å². The number of rotatable bonds is 4. The minimum Gasteiger partial charge on any atom is -0.393 e. The van der Waals surface area contributed by atoms with Crippen molar-refractivity contribution in [3.05, 3.63) is 23.8 Å². The molecule has 0 aromatic carbocycles. The summed E-state index contributed by atoms with van der Waals surface area (Å²) in [6, 6.07) is 0. The molecule has 3 saturated carbocycles. The Morgan fingerprint density at radius 1 is 1.03 bits per heavy atom. The lowest BCUT2D eigenvalue weighted by atomic mass is 9.38. The molecule has 0 radical (unpaired) electrons. The molecule has 3 fully saturated rings. The fourth-order valence-electron chi connectivity index (χ4n) is 8.82. The van der Waals surface area contributed by atoms with Crippen molar-refractivity contribution < 1.29 is 34.5 Å². The molecule has 0 spiro atoms. The molecule has 7 heteroatoms. The topological polar surface area (TPSA) is 129 Å². The van der Waals surface area contributed by atoms with Crippen molar-refractivity contribution in [1.29, 1.82) is 0 Å².